The van der Waals surface area contributed by atoms with Crippen LogP contribution in [0.4, 0.5) is 0 Å². The molecule has 3 rings (SSSR count). The smallest absolute Gasteiger partial charge is 0.224 e. The fourth-order valence-corrected chi connectivity index (χ4v) is 4.64. The molecule has 2 aliphatic carbocycles. The van der Waals surface area contributed by atoms with Gasteiger partial charge in [0.15, 0.2) is 0 Å². The summed E-state index contributed by atoms with van der Waals surface area (Å²) in [6.07, 6.45) is 11.6. The molecule has 4 nitrogen and oxygen atoms in total. The molecule has 0 radical (unpaired) electrons. The number of benzene rings is 1. The van der Waals surface area contributed by atoms with Crippen molar-refractivity contribution in [1.29, 1.82) is 0 Å². The van der Waals surface area contributed by atoms with Gasteiger partial charge in [-0.2, -0.15) is 0 Å². The van der Waals surface area contributed by atoms with Gasteiger partial charge in [-0.3, -0.25) is 4.79 Å². The van der Waals surface area contributed by atoms with Gasteiger partial charge in [-0.05, 0) is 56.4 Å². The molecule has 2 fully saturated rings. The number of terminal acetylenes is 1. The number of amides is 1. The van der Waals surface area contributed by atoms with Crippen molar-refractivity contribution in [2.24, 2.45) is 17.6 Å². The van der Waals surface area contributed by atoms with E-state index in [1.54, 1.807) is 0 Å². The molecule has 0 spiro atoms. The molecule has 4 heteroatoms. The highest BCUT2D eigenvalue weighted by Gasteiger charge is 2.46. The molecule has 0 saturated heterocycles. The molecule has 4 N–H and O–H groups in total. The fraction of sp³-hybridized carbons (Fsp3) is 0.591. The number of nitrogens with one attached hydrogen (secondary N) is 1. The first-order valence-corrected chi connectivity index (χ1v) is 9.74. The van der Waals surface area contributed by atoms with Crippen LogP contribution >= 0.6 is 0 Å². The van der Waals surface area contributed by atoms with Crippen molar-refractivity contribution in [3.63, 3.8) is 0 Å². The molecule has 2 bridgehead atoms. The van der Waals surface area contributed by atoms with Crippen molar-refractivity contribution in [2.75, 3.05) is 0 Å². The second kappa shape index (κ2) is 8.24. The summed E-state index contributed by atoms with van der Waals surface area (Å²) in [7, 11) is 0. The van der Waals surface area contributed by atoms with E-state index >= 15 is 0 Å². The number of carbonyl (C=O) groups excluding carboxylic acids is 1. The van der Waals surface area contributed by atoms with E-state index in [-0.39, 0.29) is 17.4 Å². The Morgan fingerprint density at radius 2 is 2.04 bits per heavy atom. The SMILES string of the molecule is C#CC[C@H](C[C@H](O)[C@@H](N)Cc1ccccc1)C(=O)NC12CCC(CC1)C2. The van der Waals surface area contributed by atoms with Crippen LogP contribution in [-0.2, 0) is 11.2 Å². The minimum Gasteiger partial charge on any atom is -0.391 e. The average molecular weight is 354 g/mol. The van der Waals surface area contributed by atoms with Crippen molar-refractivity contribution >= 4 is 5.91 Å². The molecule has 2 aliphatic rings. The number of hydrogen-bond acceptors (Lipinski definition) is 3. The van der Waals surface area contributed by atoms with Crippen LogP contribution in [0, 0.1) is 24.2 Å². The third-order valence-corrected chi connectivity index (χ3v) is 6.20. The Kier molecular flexibility index (Phi) is 6.01. The lowest BCUT2D eigenvalue weighted by Gasteiger charge is -2.31. The minimum absolute atomic E-state index is 0.0172. The number of carbonyl (C=O) groups is 1. The topological polar surface area (TPSA) is 75.3 Å². The third-order valence-electron chi connectivity index (χ3n) is 6.20. The molecule has 2 saturated carbocycles. The zero-order valence-electron chi connectivity index (χ0n) is 15.4. The lowest BCUT2D eigenvalue weighted by atomic mass is 9.89. The lowest BCUT2D eigenvalue weighted by Crippen LogP contribution is -2.49. The molecule has 0 aromatic heterocycles. The second-order valence-electron chi connectivity index (χ2n) is 8.18. The Hall–Kier alpha value is -1.83. The number of nitrogens with two attached hydrogens (primary N) is 1. The first kappa shape index (κ1) is 18.9. The van der Waals surface area contributed by atoms with E-state index in [9.17, 15) is 9.90 Å². The van der Waals surface area contributed by atoms with E-state index in [1.165, 1.54) is 12.8 Å². The first-order valence-electron chi connectivity index (χ1n) is 9.74. The summed E-state index contributed by atoms with van der Waals surface area (Å²) in [6, 6.07) is 9.44. The molecule has 140 valence electrons. The number of hydrogen-bond donors (Lipinski definition) is 3. The van der Waals surface area contributed by atoms with Gasteiger partial charge in [0.1, 0.15) is 0 Å². The Morgan fingerprint density at radius 1 is 1.35 bits per heavy atom. The lowest BCUT2D eigenvalue weighted by molar-refractivity contribution is -0.128. The third kappa shape index (κ3) is 4.47. The summed E-state index contributed by atoms with van der Waals surface area (Å²) in [4.78, 5) is 12.8. The Balaban J connectivity index is 1.56. The van der Waals surface area contributed by atoms with E-state index in [0.29, 0.717) is 19.3 Å². The molecule has 0 heterocycles. The van der Waals surface area contributed by atoms with E-state index in [2.05, 4.69) is 11.2 Å². The maximum absolute atomic E-state index is 12.8. The molecular formula is C22H30N2O2. The van der Waals surface area contributed by atoms with Gasteiger partial charge in [0.2, 0.25) is 5.91 Å². The summed E-state index contributed by atoms with van der Waals surface area (Å²) in [6.45, 7) is 0. The zero-order chi connectivity index (χ0) is 18.6. The van der Waals surface area contributed by atoms with Crippen molar-refractivity contribution in [3.05, 3.63) is 35.9 Å². The van der Waals surface area contributed by atoms with Gasteiger partial charge in [-0.1, -0.05) is 30.3 Å². The van der Waals surface area contributed by atoms with E-state index in [0.717, 1.165) is 30.7 Å². The molecule has 1 aromatic rings. The monoisotopic (exact) mass is 354 g/mol. The fourth-order valence-electron chi connectivity index (χ4n) is 4.64. The van der Waals surface area contributed by atoms with E-state index in [4.69, 9.17) is 12.2 Å². The van der Waals surface area contributed by atoms with Crippen LogP contribution in [0.1, 0.15) is 50.5 Å². The Labute approximate surface area is 156 Å². The Morgan fingerprint density at radius 3 is 2.62 bits per heavy atom. The van der Waals surface area contributed by atoms with Crippen LogP contribution in [-0.4, -0.2) is 28.7 Å². The van der Waals surface area contributed by atoms with Gasteiger partial charge >= 0.3 is 0 Å². The average Bonchev–Trinajstić information content (AvgIpc) is 3.22. The highest BCUT2D eigenvalue weighted by molar-refractivity contribution is 5.80. The zero-order valence-corrected chi connectivity index (χ0v) is 15.4. The normalized spacial score (nSPS) is 27.5. The number of aliphatic hydroxyl groups excluding tert-OH is 1. The highest BCUT2D eigenvalue weighted by atomic mass is 16.3. The standard InChI is InChI=1S/C22H30N2O2/c1-2-6-18(21(26)24-22-11-9-17(15-22)10-12-22)14-20(25)19(23)13-16-7-4-3-5-8-16/h1,3-5,7-8,17-20,25H,6,9-15,23H2,(H,24,26)/t17?,18-,19+,20+,22?/m1/s1. The summed E-state index contributed by atoms with van der Waals surface area (Å²) in [5, 5.41) is 13.8. The van der Waals surface area contributed by atoms with Crippen LogP contribution in [0.25, 0.3) is 0 Å². The van der Waals surface area contributed by atoms with Gasteiger partial charge in [0.25, 0.3) is 0 Å². The van der Waals surface area contributed by atoms with Crippen LogP contribution in [0.15, 0.2) is 30.3 Å². The summed E-state index contributed by atoms with van der Waals surface area (Å²) >= 11 is 0. The Bertz CT molecular complexity index is 644. The number of aliphatic hydroxyl groups is 1. The molecule has 0 unspecified atom stereocenters. The molecule has 1 amide bonds. The van der Waals surface area contributed by atoms with Crippen molar-refractivity contribution in [2.45, 2.75) is 69.1 Å². The van der Waals surface area contributed by atoms with Gasteiger partial charge in [-0.25, -0.2) is 0 Å². The van der Waals surface area contributed by atoms with Gasteiger partial charge in [0, 0.05) is 18.0 Å². The van der Waals surface area contributed by atoms with Crippen molar-refractivity contribution in [1.82, 2.24) is 5.32 Å². The van der Waals surface area contributed by atoms with Gasteiger partial charge in [0.05, 0.1) is 12.0 Å². The van der Waals surface area contributed by atoms with Crippen LogP contribution in [0.3, 0.4) is 0 Å². The molecule has 3 atom stereocenters. The summed E-state index contributed by atoms with van der Waals surface area (Å²) < 4.78 is 0. The van der Waals surface area contributed by atoms with Crippen molar-refractivity contribution < 1.29 is 9.90 Å². The predicted octanol–water partition coefficient (Wildman–Crippen LogP) is 2.40. The predicted molar refractivity (Wildman–Crippen MR) is 103 cm³/mol. The van der Waals surface area contributed by atoms with Gasteiger partial charge in [-0.15, -0.1) is 12.3 Å². The molecule has 26 heavy (non-hydrogen) atoms. The van der Waals surface area contributed by atoms with Gasteiger partial charge < -0.3 is 16.2 Å². The molecular weight excluding hydrogens is 324 g/mol. The quantitative estimate of drug-likeness (QED) is 0.628. The van der Waals surface area contributed by atoms with Crippen LogP contribution in [0.5, 0.6) is 0 Å². The largest absolute Gasteiger partial charge is 0.391 e. The number of fused-ring (bicyclic) bond motifs is 2. The summed E-state index contributed by atoms with van der Waals surface area (Å²) in [5.74, 6) is 2.96. The molecule has 1 aromatic carbocycles. The van der Waals surface area contributed by atoms with E-state index < -0.39 is 12.1 Å². The first-order chi connectivity index (χ1) is 12.5. The minimum atomic E-state index is -0.753. The highest BCUT2D eigenvalue weighted by Crippen LogP contribution is 2.47. The van der Waals surface area contributed by atoms with Crippen molar-refractivity contribution in [3.8, 4) is 12.3 Å². The van der Waals surface area contributed by atoms with Crippen LogP contribution in [0.2, 0.25) is 0 Å². The molecule has 0 aliphatic heterocycles. The van der Waals surface area contributed by atoms with E-state index in [1.807, 2.05) is 30.3 Å². The summed E-state index contributed by atoms with van der Waals surface area (Å²) in [5.41, 5.74) is 7.24. The second-order valence-corrected chi connectivity index (χ2v) is 8.18. The maximum Gasteiger partial charge on any atom is 0.224 e. The van der Waals surface area contributed by atoms with Crippen LogP contribution < -0.4 is 11.1 Å². The number of rotatable bonds is 8. The maximum atomic E-state index is 12.8.